The number of hydrogen-bond donors (Lipinski definition) is 1. The molecule has 2 aliphatic heterocycles. The largest absolute Gasteiger partial charge is 0.354 e. The van der Waals surface area contributed by atoms with Gasteiger partial charge in [0, 0.05) is 43.6 Å². The summed E-state index contributed by atoms with van der Waals surface area (Å²) in [5.74, 6) is 3.40. The molecule has 0 spiro atoms. The molecule has 1 saturated carbocycles. The molecule has 1 aliphatic carbocycles. The topological polar surface area (TPSA) is 61.6 Å². The van der Waals surface area contributed by atoms with Crippen molar-refractivity contribution in [3.8, 4) is 0 Å². The number of anilines is 1. The van der Waals surface area contributed by atoms with Crippen molar-refractivity contribution in [2.75, 3.05) is 37.6 Å². The molecule has 1 N–H and O–H groups in total. The zero-order chi connectivity index (χ0) is 18.4. The molecule has 5 rings (SSSR count). The number of piperidine rings is 1. The molecule has 2 aromatic rings. The van der Waals surface area contributed by atoms with Crippen LogP contribution in [0.1, 0.15) is 51.3 Å². The smallest absolute Gasteiger partial charge is 0.178 e. The molecule has 0 bridgehead atoms. The van der Waals surface area contributed by atoms with Gasteiger partial charge in [0.05, 0.1) is 0 Å². The molecule has 0 amide bonds. The van der Waals surface area contributed by atoms with Crippen molar-refractivity contribution in [3.05, 3.63) is 18.0 Å². The molecule has 3 aliphatic rings. The predicted molar refractivity (Wildman–Crippen MR) is 106 cm³/mol. The van der Waals surface area contributed by atoms with Gasteiger partial charge in [-0.3, -0.25) is 0 Å². The highest BCUT2D eigenvalue weighted by Gasteiger charge is 2.31. The van der Waals surface area contributed by atoms with Crippen molar-refractivity contribution in [2.24, 2.45) is 5.92 Å². The van der Waals surface area contributed by atoms with Crippen molar-refractivity contribution < 1.29 is 0 Å². The van der Waals surface area contributed by atoms with Crippen LogP contribution >= 0.6 is 0 Å². The lowest BCUT2D eigenvalue weighted by atomic mass is 9.98. The Labute approximate surface area is 161 Å². The van der Waals surface area contributed by atoms with Crippen molar-refractivity contribution >= 4 is 11.5 Å². The number of nitrogens with one attached hydrogen (secondary N) is 1. The van der Waals surface area contributed by atoms with Gasteiger partial charge < -0.3 is 15.1 Å². The van der Waals surface area contributed by atoms with Gasteiger partial charge in [-0.1, -0.05) is 0 Å². The quantitative estimate of drug-likeness (QED) is 0.839. The molecule has 7 heteroatoms. The second-order valence-corrected chi connectivity index (χ2v) is 8.88. The fourth-order valence-electron chi connectivity index (χ4n) is 4.40. The highest BCUT2D eigenvalue weighted by molar-refractivity contribution is 5.47. The van der Waals surface area contributed by atoms with Gasteiger partial charge in [0.15, 0.2) is 11.5 Å². The minimum atomic E-state index is 0.568. The first-order chi connectivity index (χ1) is 13.2. The van der Waals surface area contributed by atoms with E-state index < -0.39 is 0 Å². The number of nitrogens with zero attached hydrogens (tertiary/aromatic N) is 6. The molecule has 0 unspecified atom stereocenters. The number of hydrogen-bond acceptors (Lipinski definition) is 6. The van der Waals surface area contributed by atoms with E-state index in [-0.39, 0.29) is 0 Å². The maximum absolute atomic E-state index is 4.82. The fraction of sp³-hybridized carbons (Fsp3) is 0.750. The molecule has 0 atom stereocenters. The van der Waals surface area contributed by atoms with E-state index in [9.17, 15) is 0 Å². The zero-order valence-corrected chi connectivity index (χ0v) is 16.5. The van der Waals surface area contributed by atoms with Crippen molar-refractivity contribution in [2.45, 2.75) is 57.5 Å². The summed E-state index contributed by atoms with van der Waals surface area (Å²) in [6.45, 7) is 10.4. The summed E-state index contributed by atoms with van der Waals surface area (Å²) in [5.41, 5.74) is 0.868. The minimum absolute atomic E-state index is 0.568. The fourth-order valence-corrected chi connectivity index (χ4v) is 4.40. The first-order valence-corrected chi connectivity index (χ1v) is 10.6. The second kappa shape index (κ2) is 7.02. The van der Waals surface area contributed by atoms with Gasteiger partial charge in [0.1, 0.15) is 5.82 Å². The standard InChI is InChI=1S/C20H31N7/c1-14(2)25-9-7-17(8-10-25)21-11-15-12-26(13-15)19-6-5-18-22-23-20(16-3-4-16)27(18)24-19/h5-6,14-17,21H,3-4,7-13H2,1-2H3. The van der Waals surface area contributed by atoms with Gasteiger partial charge in [0.2, 0.25) is 0 Å². The third-order valence-electron chi connectivity index (χ3n) is 6.45. The van der Waals surface area contributed by atoms with Crippen LogP contribution in [0.4, 0.5) is 5.82 Å². The van der Waals surface area contributed by atoms with E-state index in [4.69, 9.17) is 5.10 Å². The van der Waals surface area contributed by atoms with Crippen LogP contribution in [0.5, 0.6) is 0 Å². The Kier molecular flexibility index (Phi) is 4.52. The van der Waals surface area contributed by atoms with Crippen LogP contribution in [0.25, 0.3) is 5.65 Å². The molecule has 146 valence electrons. The molecule has 4 heterocycles. The summed E-state index contributed by atoms with van der Waals surface area (Å²) in [7, 11) is 0. The highest BCUT2D eigenvalue weighted by atomic mass is 15.4. The van der Waals surface area contributed by atoms with Gasteiger partial charge in [0.25, 0.3) is 0 Å². The van der Waals surface area contributed by atoms with Crippen LogP contribution in [0.3, 0.4) is 0 Å². The van der Waals surface area contributed by atoms with E-state index in [0.717, 1.165) is 42.8 Å². The first-order valence-electron chi connectivity index (χ1n) is 10.6. The third-order valence-corrected chi connectivity index (χ3v) is 6.45. The molecular weight excluding hydrogens is 338 g/mol. The van der Waals surface area contributed by atoms with Crippen molar-refractivity contribution in [3.63, 3.8) is 0 Å². The normalized spacial score (nSPS) is 22.7. The van der Waals surface area contributed by atoms with Crippen molar-refractivity contribution in [1.82, 2.24) is 30.0 Å². The molecule has 0 radical (unpaired) electrons. The van der Waals surface area contributed by atoms with Gasteiger partial charge in [-0.05, 0) is 64.8 Å². The monoisotopic (exact) mass is 369 g/mol. The summed E-state index contributed by atoms with van der Waals surface area (Å²) >= 11 is 0. The van der Waals surface area contributed by atoms with E-state index in [1.165, 1.54) is 38.8 Å². The average molecular weight is 370 g/mol. The molecule has 2 aromatic heterocycles. The highest BCUT2D eigenvalue weighted by Crippen LogP contribution is 2.38. The number of aromatic nitrogens is 4. The summed E-state index contributed by atoms with van der Waals surface area (Å²) in [4.78, 5) is 4.97. The van der Waals surface area contributed by atoms with Gasteiger partial charge >= 0.3 is 0 Å². The molecule has 2 saturated heterocycles. The lowest BCUT2D eigenvalue weighted by Crippen LogP contribution is -2.53. The molecule has 3 fully saturated rings. The lowest BCUT2D eigenvalue weighted by Gasteiger charge is -2.41. The van der Waals surface area contributed by atoms with Crippen LogP contribution in [0.2, 0.25) is 0 Å². The summed E-state index contributed by atoms with van der Waals surface area (Å²) in [5, 5.41) is 17.2. The van der Waals surface area contributed by atoms with E-state index in [2.05, 4.69) is 51.3 Å². The third kappa shape index (κ3) is 3.55. The molecule has 27 heavy (non-hydrogen) atoms. The number of likely N-dealkylation sites (tertiary alicyclic amines) is 1. The Bertz CT molecular complexity index is 783. The Balaban J connectivity index is 1.11. The van der Waals surface area contributed by atoms with Gasteiger partial charge in [-0.25, -0.2) is 0 Å². The van der Waals surface area contributed by atoms with Crippen LogP contribution in [-0.2, 0) is 0 Å². The summed E-state index contributed by atoms with van der Waals surface area (Å²) in [6.07, 6.45) is 5.01. The van der Waals surface area contributed by atoms with Crippen LogP contribution in [-0.4, -0.2) is 69.5 Å². The Hall–Kier alpha value is -1.73. The lowest BCUT2D eigenvalue weighted by molar-refractivity contribution is 0.158. The second-order valence-electron chi connectivity index (χ2n) is 8.88. The Morgan fingerprint density at radius 3 is 2.56 bits per heavy atom. The molecule has 7 nitrogen and oxygen atoms in total. The molecular formula is C20H31N7. The number of rotatable bonds is 6. The maximum Gasteiger partial charge on any atom is 0.178 e. The van der Waals surface area contributed by atoms with E-state index in [0.29, 0.717) is 18.0 Å². The predicted octanol–water partition coefficient (Wildman–Crippen LogP) is 1.90. The maximum atomic E-state index is 4.82. The van der Waals surface area contributed by atoms with Crippen LogP contribution < -0.4 is 10.2 Å². The zero-order valence-electron chi connectivity index (χ0n) is 16.5. The van der Waals surface area contributed by atoms with Crippen molar-refractivity contribution in [1.29, 1.82) is 0 Å². The van der Waals surface area contributed by atoms with Crippen LogP contribution in [0.15, 0.2) is 12.1 Å². The van der Waals surface area contributed by atoms with E-state index >= 15 is 0 Å². The summed E-state index contributed by atoms with van der Waals surface area (Å²) < 4.78 is 1.96. The van der Waals surface area contributed by atoms with E-state index in [1.54, 1.807) is 0 Å². The van der Waals surface area contributed by atoms with Gasteiger partial charge in [-0.2, -0.15) is 4.52 Å². The first kappa shape index (κ1) is 17.4. The Morgan fingerprint density at radius 2 is 1.85 bits per heavy atom. The van der Waals surface area contributed by atoms with Gasteiger partial charge in [-0.15, -0.1) is 15.3 Å². The number of fused-ring (bicyclic) bond motifs is 1. The summed E-state index contributed by atoms with van der Waals surface area (Å²) in [6, 6.07) is 5.52. The SMILES string of the molecule is CC(C)N1CCC(NCC2CN(c3ccc4nnc(C5CC5)n4n3)C2)CC1. The molecule has 0 aromatic carbocycles. The van der Waals surface area contributed by atoms with E-state index in [1.807, 2.05) is 4.52 Å². The minimum Gasteiger partial charge on any atom is -0.354 e. The average Bonchev–Trinajstić information content (AvgIpc) is 3.40. The Morgan fingerprint density at radius 1 is 1.07 bits per heavy atom. The van der Waals surface area contributed by atoms with Crippen LogP contribution in [0, 0.1) is 5.92 Å².